The number of nitro benzene ring substituents is 1. The molecule has 1 fully saturated rings. The molecule has 1 aliphatic heterocycles. The van der Waals surface area contributed by atoms with Crippen molar-refractivity contribution in [3.63, 3.8) is 0 Å². The van der Waals surface area contributed by atoms with Gasteiger partial charge in [-0.1, -0.05) is 11.6 Å². The lowest BCUT2D eigenvalue weighted by molar-refractivity contribution is -0.384. The van der Waals surface area contributed by atoms with E-state index in [1.807, 2.05) is 6.92 Å². The molecule has 0 spiro atoms. The maximum Gasteiger partial charge on any atom is 0.271 e. The number of non-ortho nitro benzene ring substituents is 1. The molecule has 2 rings (SSSR count). The Morgan fingerprint density at radius 1 is 1.56 bits per heavy atom. The van der Waals surface area contributed by atoms with E-state index in [9.17, 15) is 10.1 Å². The van der Waals surface area contributed by atoms with E-state index in [0.717, 1.165) is 30.7 Å². The van der Waals surface area contributed by atoms with Crippen molar-refractivity contribution in [2.24, 2.45) is 0 Å². The number of benzene rings is 1. The lowest BCUT2D eigenvalue weighted by Gasteiger charge is -2.25. The lowest BCUT2D eigenvalue weighted by Crippen LogP contribution is -2.30. The van der Waals surface area contributed by atoms with Crippen LogP contribution in [-0.4, -0.2) is 24.2 Å². The predicted octanol–water partition coefficient (Wildman–Crippen LogP) is 3.15. The van der Waals surface area contributed by atoms with Crippen LogP contribution in [0, 0.1) is 17.0 Å². The van der Waals surface area contributed by atoms with Crippen LogP contribution in [0.3, 0.4) is 0 Å². The van der Waals surface area contributed by atoms with Gasteiger partial charge >= 0.3 is 0 Å². The Morgan fingerprint density at radius 3 is 2.89 bits per heavy atom. The van der Waals surface area contributed by atoms with Gasteiger partial charge in [0, 0.05) is 24.8 Å². The molecule has 1 aromatic carbocycles. The van der Waals surface area contributed by atoms with Gasteiger partial charge < -0.3 is 10.1 Å². The summed E-state index contributed by atoms with van der Waals surface area (Å²) in [7, 11) is 0. The van der Waals surface area contributed by atoms with Crippen molar-refractivity contribution < 1.29 is 9.66 Å². The molecule has 1 unspecified atom stereocenters. The second-order valence-corrected chi connectivity index (χ2v) is 4.84. The Labute approximate surface area is 110 Å². The average Bonchev–Trinajstić information content (AvgIpc) is 2.34. The van der Waals surface area contributed by atoms with E-state index in [4.69, 9.17) is 16.3 Å². The summed E-state index contributed by atoms with van der Waals surface area (Å²) in [5.41, 5.74) is 1.56. The minimum atomic E-state index is -0.438. The van der Waals surface area contributed by atoms with Crippen LogP contribution in [0.2, 0.25) is 5.02 Å². The molecule has 5 nitrogen and oxygen atoms in total. The summed E-state index contributed by atoms with van der Waals surface area (Å²) < 4.78 is 5.38. The molecule has 1 aliphatic rings. The molecule has 1 aromatic rings. The van der Waals surface area contributed by atoms with Gasteiger partial charge in [0.25, 0.3) is 5.69 Å². The number of nitrogens with zero attached hydrogens (tertiary/aromatic N) is 1. The molecule has 0 aliphatic carbocycles. The van der Waals surface area contributed by atoms with Gasteiger partial charge in [-0.25, -0.2) is 0 Å². The molecule has 18 heavy (non-hydrogen) atoms. The molecule has 1 N–H and O–H groups in total. The van der Waals surface area contributed by atoms with Crippen molar-refractivity contribution in [1.82, 2.24) is 0 Å². The summed E-state index contributed by atoms with van der Waals surface area (Å²) >= 11 is 6.09. The summed E-state index contributed by atoms with van der Waals surface area (Å²) in [4.78, 5) is 10.3. The van der Waals surface area contributed by atoms with Gasteiger partial charge in [0.2, 0.25) is 0 Å². The number of rotatable bonds is 3. The molecular weight excluding hydrogens is 256 g/mol. The van der Waals surface area contributed by atoms with Crippen LogP contribution >= 0.6 is 11.6 Å². The fraction of sp³-hybridized carbons (Fsp3) is 0.500. The van der Waals surface area contributed by atoms with E-state index in [2.05, 4.69) is 5.32 Å². The Balaban J connectivity index is 2.19. The summed E-state index contributed by atoms with van der Waals surface area (Å²) in [5.74, 6) is 0. The number of hydrogen-bond acceptors (Lipinski definition) is 4. The molecule has 1 atom stereocenters. The number of nitrogens with one attached hydrogen (secondary N) is 1. The molecule has 0 bridgehead atoms. The maximum atomic E-state index is 10.7. The van der Waals surface area contributed by atoms with Crippen LogP contribution in [0.5, 0.6) is 0 Å². The van der Waals surface area contributed by atoms with Gasteiger partial charge in [-0.05, 0) is 25.3 Å². The quantitative estimate of drug-likeness (QED) is 0.677. The Bertz CT molecular complexity index is 436. The first kappa shape index (κ1) is 13.1. The third-order valence-electron chi connectivity index (χ3n) is 2.99. The van der Waals surface area contributed by atoms with Crippen molar-refractivity contribution in [1.29, 1.82) is 0 Å². The number of hydrogen-bond donors (Lipinski definition) is 1. The molecule has 0 saturated carbocycles. The van der Waals surface area contributed by atoms with Crippen LogP contribution in [-0.2, 0) is 4.74 Å². The molecule has 0 radical (unpaired) electrons. The predicted molar refractivity (Wildman–Crippen MR) is 70.3 cm³/mol. The summed E-state index contributed by atoms with van der Waals surface area (Å²) in [6.45, 7) is 3.25. The highest BCUT2D eigenvalue weighted by Gasteiger charge is 2.18. The number of anilines is 1. The zero-order valence-electron chi connectivity index (χ0n) is 10.1. The van der Waals surface area contributed by atoms with Crippen molar-refractivity contribution >= 4 is 23.0 Å². The van der Waals surface area contributed by atoms with Crippen LogP contribution in [0.4, 0.5) is 11.4 Å². The normalized spacial score (nSPS) is 19.6. The second kappa shape index (κ2) is 5.54. The number of ether oxygens (including phenoxy) is 1. The van der Waals surface area contributed by atoms with Gasteiger partial charge in [-0.15, -0.1) is 0 Å². The third-order valence-corrected chi connectivity index (χ3v) is 3.29. The maximum absolute atomic E-state index is 10.7. The second-order valence-electron chi connectivity index (χ2n) is 4.44. The van der Waals surface area contributed by atoms with Gasteiger partial charge in [-0.3, -0.25) is 10.1 Å². The highest BCUT2D eigenvalue weighted by molar-refractivity contribution is 6.33. The van der Waals surface area contributed by atoms with Crippen LogP contribution in [0.15, 0.2) is 12.1 Å². The van der Waals surface area contributed by atoms with E-state index >= 15 is 0 Å². The first-order valence-corrected chi connectivity index (χ1v) is 6.24. The molecular formula is C12H15ClN2O3. The Morgan fingerprint density at radius 2 is 2.33 bits per heavy atom. The molecule has 6 heteroatoms. The number of aryl methyl sites for hydroxylation is 1. The fourth-order valence-corrected chi connectivity index (χ4v) is 2.39. The highest BCUT2D eigenvalue weighted by atomic mass is 35.5. The Kier molecular flexibility index (Phi) is 4.04. The smallest absolute Gasteiger partial charge is 0.271 e. The summed E-state index contributed by atoms with van der Waals surface area (Å²) in [6, 6.07) is 3.12. The van der Waals surface area contributed by atoms with Crippen LogP contribution in [0.25, 0.3) is 0 Å². The van der Waals surface area contributed by atoms with Crippen LogP contribution in [0.1, 0.15) is 18.4 Å². The molecule has 0 amide bonds. The molecule has 1 heterocycles. The first-order chi connectivity index (χ1) is 8.58. The fourth-order valence-electron chi connectivity index (χ4n) is 2.07. The van der Waals surface area contributed by atoms with Crippen molar-refractivity contribution in [3.05, 3.63) is 32.8 Å². The topological polar surface area (TPSA) is 64.4 Å². The van der Waals surface area contributed by atoms with Crippen molar-refractivity contribution in [3.8, 4) is 0 Å². The van der Waals surface area contributed by atoms with E-state index in [-0.39, 0.29) is 11.7 Å². The van der Waals surface area contributed by atoms with E-state index in [1.54, 1.807) is 0 Å². The highest BCUT2D eigenvalue weighted by Crippen LogP contribution is 2.31. The minimum Gasteiger partial charge on any atom is -0.379 e. The van der Waals surface area contributed by atoms with E-state index < -0.39 is 4.92 Å². The van der Waals surface area contributed by atoms with Gasteiger partial charge in [0.05, 0.1) is 22.2 Å². The monoisotopic (exact) mass is 270 g/mol. The number of halogens is 1. The standard InChI is InChI=1S/C12H15ClN2O3/c1-8-5-10(15(16)17)6-11(13)12(8)14-9-3-2-4-18-7-9/h5-6,9,14H,2-4,7H2,1H3. The van der Waals surface area contributed by atoms with Crippen molar-refractivity contribution in [2.45, 2.75) is 25.8 Å². The summed E-state index contributed by atoms with van der Waals surface area (Å²) in [6.07, 6.45) is 2.04. The zero-order valence-corrected chi connectivity index (χ0v) is 10.9. The third kappa shape index (κ3) is 2.91. The average molecular weight is 271 g/mol. The SMILES string of the molecule is Cc1cc([N+](=O)[O-])cc(Cl)c1NC1CCCOC1. The summed E-state index contributed by atoms with van der Waals surface area (Å²) in [5, 5.41) is 14.4. The van der Waals surface area contributed by atoms with Gasteiger partial charge in [-0.2, -0.15) is 0 Å². The van der Waals surface area contributed by atoms with E-state index in [0.29, 0.717) is 11.6 Å². The van der Waals surface area contributed by atoms with Gasteiger partial charge in [0.1, 0.15) is 0 Å². The first-order valence-electron chi connectivity index (χ1n) is 5.86. The van der Waals surface area contributed by atoms with Crippen LogP contribution < -0.4 is 5.32 Å². The molecule has 98 valence electrons. The van der Waals surface area contributed by atoms with Crippen molar-refractivity contribution in [2.75, 3.05) is 18.5 Å². The molecule has 1 saturated heterocycles. The van der Waals surface area contributed by atoms with E-state index in [1.165, 1.54) is 12.1 Å². The number of nitro groups is 1. The van der Waals surface area contributed by atoms with Gasteiger partial charge in [0.15, 0.2) is 0 Å². The zero-order chi connectivity index (χ0) is 13.1. The molecule has 0 aromatic heterocycles. The Hall–Kier alpha value is -1.33. The minimum absolute atomic E-state index is 0.0166. The largest absolute Gasteiger partial charge is 0.379 e. The lowest BCUT2D eigenvalue weighted by atomic mass is 10.1.